The van der Waals surface area contributed by atoms with Crippen LogP contribution in [0.4, 0.5) is 5.69 Å². The molecule has 0 aromatic heterocycles. The van der Waals surface area contributed by atoms with Gasteiger partial charge in [-0.2, -0.15) is 0 Å². The molecule has 0 aliphatic carbocycles. The summed E-state index contributed by atoms with van der Waals surface area (Å²) in [6.45, 7) is 4.21. The molecule has 2 aromatic rings. The van der Waals surface area contributed by atoms with Gasteiger partial charge in [0.1, 0.15) is 0 Å². The Morgan fingerprint density at radius 1 is 1.11 bits per heavy atom. The third-order valence-corrected chi connectivity index (χ3v) is 3.99. The molecule has 2 aromatic carbocycles. The highest BCUT2D eigenvalue weighted by Gasteiger charge is 2.09. The van der Waals surface area contributed by atoms with Crippen LogP contribution in [-0.4, -0.2) is 0 Å². The average molecular weight is 372 g/mol. The Morgan fingerprint density at radius 2 is 1.78 bits per heavy atom. The van der Waals surface area contributed by atoms with Crippen LogP contribution in [0, 0.1) is 10.5 Å². The second-order valence-corrected chi connectivity index (χ2v) is 6.00. The first-order chi connectivity index (χ1) is 8.58. The molecule has 0 amide bonds. The normalized spacial score (nSPS) is 12.2. The van der Waals surface area contributed by atoms with E-state index in [4.69, 9.17) is 11.6 Å². The Hall–Kier alpha value is -0.740. The third-order valence-electron chi connectivity index (χ3n) is 2.95. The van der Waals surface area contributed by atoms with Crippen LogP contribution in [0.1, 0.15) is 24.1 Å². The summed E-state index contributed by atoms with van der Waals surface area (Å²) in [5.74, 6) is 0. The molecule has 1 nitrogen and oxygen atoms in total. The van der Waals surface area contributed by atoms with Crippen LogP contribution in [0.2, 0.25) is 5.02 Å². The summed E-state index contributed by atoms with van der Waals surface area (Å²) in [6, 6.07) is 14.7. The van der Waals surface area contributed by atoms with Crippen LogP contribution in [0.25, 0.3) is 0 Å². The molecule has 2 rings (SSSR count). The first-order valence-corrected chi connectivity index (χ1v) is 7.30. The van der Waals surface area contributed by atoms with Crippen LogP contribution in [0.3, 0.4) is 0 Å². The number of benzene rings is 2. The van der Waals surface area contributed by atoms with Gasteiger partial charge in [-0.15, -0.1) is 0 Å². The van der Waals surface area contributed by atoms with Crippen molar-refractivity contribution in [3.8, 4) is 0 Å². The Kier molecular flexibility index (Phi) is 4.51. The quantitative estimate of drug-likeness (QED) is 0.710. The molecule has 0 spiro atoms. The lowest BCUT2D eigenvalue weighted by atomic mass is 10.1. The van der Waals surface area contributed by atoms with Crippen molar-refractivity contribution in [2.24, 2.45) is 0 Å². The molecule has 1 unspecified atom stereocenters. The number of halogens is 2. The van der Waals surface area contributed by atoms with Crippen molar-refractivity contribution in [1.29, 1.82) is 0 Å². The summed E-state index contributed by atoms with van der Waals surface area (Å²) >= 11 is 8.54. The standard InChI is InChI=1S/C15H15ClIN/c1-10-4-3-5-14(16)15(10)18-11(2)12-6-8-13(17)9-7-12/h3-9,11,18H,1-2H3. The maximum Gasteiger partial charge on any atom is 0.0640 e. The Morgan fingerprint density at radius 3 is 2.39 bits per heavy atom. The number of aryl methyl sites for hydroxylation is 1. The third kappa shape index (κ3) is 3.18. The van der Waals surface area contributed by atoms with E-state index in [0.717, 1.165) is 10.7 Å². The fourth-order valence-corrected chi connectivity index (χ4v) is 2.50. The smallest absolute Gasteiger partial charge is 0.0640 e. The van der Waals surface area contributed by atoms with E-state index in [1.165, 1.54) is 14.7 Å². The van der Waals surface area contributed by atoms with Gasteiger partial charge in [-0.05, 0) is 65.8 Å². The van der Waals surface area contributed by atoms with Crippen LogP contribution in [0.5, 0.6) is 0 Å². The maximum absolute atomic E-state index is 6.22. The fraction of sp³-hybridized carbons (Fsp3) is 0.200. The SMILES string of the molecule is Cc1cccc(Cl)c1NC(C)c1ccc(I)cc1. The number of hydrogen-bond acceptors (Lipinski definition) is 1. The largest absolute Gasteiger partial charge is 0.377 e. The monoisotopic (exact) mass is 371 g/mol. The number of rotatable bonds is 3. The minimum absolute atomic E-state index is 0.237. The van der Waals surface area contributed by atoms with Crippen molar-refractivity contribution in [3.63, 3.8) is 0 Å². The van der Waals surface area contributed by atoms with Crippen LogP contribution in [-0.2, 0) is 0 Å². The predicted molar refractivity (Wildman–Crippen MR) is 87.4 cm³/mol. The minimum atomic E-state index is 0.237. The zero-order chi connectivity index (χ0) is 13.1. The van der Waals surface area contributed by atoms with Crippen LogP contribution >= 0.6 is 34.2 Å². The molecular formula is C15H15ClIN. The number of anilines is 1. The van der Waals surface area contributed by atoms with E-state index in [1.807, 2.05) is 12.1 Å². The fourth-order valence-electron chi connectivity index (χ4n) is 1.87. The molecule has 0 saturated carbocycles. The van der Waals surface area contributed by atoms with Crippen LogP contribution < -0.4 is 5.32 Å². The van der Waals surface area contributed by atoms with E-state index in [0.29, 0.717) is 0 Å². The summed E-state index contributed by atoms with van der Waals surface area (Å²) in [5.41, 5.74) is 3.44. The van der Waals surface area contributed by atoms with Gasteiger partial charge >= 0.3 is 0 Å². The molecule has 0 saturated heterocycles. The number of hydrogen-bond donors (Lipinski definition) is 1. The summed E-state index contributed by atoms with van der Waals surface area (Å²) in [6.07, 6.45) is 0. The molecule has 0 radical (unpaired) electrons. The van der Waals surface area contributed by atoms with Gasteiger partial charge in [0.05, 0.1) is 10.7 Å². The molecule has 0 bridgehead atoms. The second-order valence-electron chi connectivity index (χ2n) is 4.35. The summed E-state index contributed by atoms with van der Waals surface area (Å²) in [4.78, 5) is 0. The summed E-state index contributed by atoms with van der Waals surface area (Å²) < 4.78 is 1.25. The van der Waals surface area contributed by atoms with Crippen LogP contribution in [0.15, 0.2) is 42.5 Å². The molecule has 3 heteroatoms. The molecule has 18 heavy (non-hydrogen) atoms. The van der Waals surface area contributed by atoms with E-state index in [1.54, 1.807) is 0 Å². The van der Waals surface area contributed by atoms with Gasteiger partial charge in [-0.3, -0.25) is 0 Å². The molecule has 0 fully saturated rings. The number of nitrogens with one attached hydrogen (secondary N) is 1. The molecule has 94 valence electrons. The van der Waals surface area contributed by atoms with Crippen molar-refractivity contribution < 1.29 is 0 Å². The molecular weight excluding hydrogens is 357 g/mol. The first kappa shape index (κ1) is 13.7. The highest BCUT2D eigenvalue weighted by atomic mass is 127. The van der Waals surface area contributed by atoms with Crippen molar-refractivity contribution in [3.05, 3.63) is 62.2 Å². The zero-order valence-electron chi connectivity index (χ0n) is 10.4. The maximum atomic E-state index is 6.22. The highest BCUT2D eigenvalue weighted by Crippen LogP contribution is 2.29. The van der Waals surface area contributed by atoms with E-state index >= 15 is 0 Å². The highest BCUT2D eigenvalue weighted by molar-refractivity contribution is 14.1. The van der Waals surface area contributed by atoms with E-state index in [9.17, 15) is 0 Å². The molecule has 1 atom stereocenters. The van der Waals surface area contributed by atoms with Gasteiger partial charge in [0.15, 0.2) is 0 Å². The van der Waals surface area contributed by atoms with Crippen molar-refractivity contribution in [2.45, 2.75) is 19.9 Å². The van der Waals surface area contributed by atoms with Crippen molar-refractivity contribution in [1.82, 2.24) is 0 Å². The van der Waals surface area contributed by atoms with E-state index in [-0.39, 0.29) is 6.04 Å². The summed E-state index contributed by atoms with van der Waals surface area (Å²) in [5, 5.41) is 4.25. The van der Waals surface area contributed by atoms with Gasteiger partial charge in [0.25, 0.3) is 0 Å². The Bertz CT molecular complexity index is 516. The van der Waals surface area contributed by atoms with Gasteiger partial charge in [0, 0.05) is 9.61 Å². The number of para-hydroxylation sites is 1. The molecule has 0 heterocycles. The second kappa shape index (κ2) is 5.93. The van der Waals surface area contributed by atoms with Gasteiger partial charge in [0.2, 0.25) is 0 Å². The van der Waals surface area contributed by atoms with Gasteiger partial charge in [-0.25, -0.2) is 0 Å². The molecule has 0 aliphatic rings. The van der Waals surface area contributed by atoms with E-state index < -0.39 is 0 Å². The molecule has 0 aliphatic heterocycles. The minimum Gasteiger partial charge on any atom is -0.377 e. The first-order valence-electron chi connectivity index (χ1n) is 5.85. The van der Waals surface area contributed by atoms with Crippen molar-refractivity contribution >= 4 is 39.9 Å². The van der Waals surface area contributed by atoms with Gasteiger partial charge in [-0.1, -0.05) is 35.9 Å². The molecule has 1 N–H and O–H groups in total. The average Bonchev–Trinajstić information content (AvgIpc) is 2.34. The lowest BCUT2D eigenvalue weighted by Gasteiger charge is -2.18. The van der Waals surface area contributed by atoms with Gasteiger partial charge < -0.3 is 5.32 Å². The summed E-state index contributed by atoms with van der Waals surface area (Å²) in [7, 11) is 0. The lowest BCUT2D eigenvalue weighted by molar-refractivity contribution is 0.882. The zero-order valence-corrected chi connectivity index (χ0v) is 13.3. The Labute approximate surface area is 127 Å². The Balaban J connectivity index is 2.21. The van der Waals surface area contributed by atoms with Crippen molar-refractivity contribution in [2.75, 3.05) is 5.32 Å². The predicted octanol–water partition coefficient (Wildman–Crippen LogP) is 5.43. The topological polar surface area (TPSA) is 12.0 Å². The van der Waals surface area contributed by atoms with E-state index in [2.05, 4.69) is 72.1 Å². The lowest BCUT2D eigenvalue weighted by Crippen LogP contribution is -2.08.